The van der Waals surface area contributed by atoms with Crippen molar-refractivity contribution >= 4 is 21.6 Å². The van der Waals surface area contributed by atoms with Crippen LogP contribution >= 0.6 is 0 Å². The molecule has 0 aliphatic carbocycles. The average molecular weight is 402 g/mol. The fourth-order valence-corrected chi connectivity index (χ4v) is 3.51. The number of benzene rings is 2. The number of carbonyl (C=O) groups is 1. The van der Waals surface area contributed by atoms with Gasteiger partial charge in [0.25, 0.3) is 0 Å². The van der Waals surface area contributed by atoms with Crippen molar-refractivity contribution in [2.45, 2.75) is 24.3 Å². The Labute approximate surface area is 162 Å². The van der Waals surface area contributed by atoms with E-state index < -0.39 is 10.0 Å². The molecule has 3 rings (SSSR count). The number of halogens is 1. The Morgan fingerprint density at radius 3 is 2.36 bits per heavy atom. The second-order valence-electron chi connectivity index (χ2n) is 6.10. The molecule has 8 heteroatoms. The molecule has 2 aromatic carbocycles. The van der Waals surface area contributed by atoms with E-state index in [1.165, 1.54) is 42.7 Å². The van der Waals surface area contributed by atoms with Crippen molar-refractivity contribution in [2.75, 3.05) is 5.32 Å². The number of nitrogens with one attached hydrogen (secondary N) is 2. The Hall–Kier alpha value is -2.97. The van der Waals surface area contributed by atoms with E-state index in [0.717, 1.165) is 5.56 Å². The standard InChI is InChI=1S/C20H19FN2O4S/c21-16-6-3-15(4-7-16)5-12-20(24)23-17-8-10-19(11-9-17)28(25,26)22-14-18-2-1-13-27-18/h1-4,6-11,13,22H,5,12,14H2,(H,23,24). The topological polar surface area (TPSA) is 88.4 Å². The number of sulfonamides is 1. The monoisotopic (exact) mass is 402 g/mol. The zero-order chi connectivity index (χ0) is 20.0. The van der Waals surface area contributed by atoms with Crippen molar-refractivity contribution in [3.63, 3.8) is 0 Å². The summed E-state index contributed by atoms with van der Waals surface area (Å²) >= 11 is 0. The summed E-state index contributed by atoms with van der Waals surface area (Å²) in [5.41, 5.74) is 1.36. The van der Waals surface area contributed by atoms with Crippen LogP contribution in [-0.4, -0.2) is 14.3 Å². The van der Waals surface area contributed by atoms with Crippen molar-refractivity contribution < 1.29 is 22.0 Å². The quantitative estimate of drug-likeness (QED) is 0.604. The molecule has 0 saturated heterocycles. The molecule has 1 aromatic heterocycles. The average Bonchev–Trinajstić information content (AvgIpc) is 3.20. The minimum atomic E-state index is -3.68. The summed E-state index contributed by atoms with van der Waals surface area (Å²) < 4.78 is 45.0. The molecule has 2 N–H and O–H groups in total. The Kier molecular flexibility index (Phi) is 6.23. The molecule has 0 radical (unpaired) electrons. The molecule has 0 bridgehead atoms. The highest BCUT2D eigenvalue weighted by Crippen LogP contribution is 2.15. The lowest BCUT2D eigenvalue weighted by Gasteiger charge is -2.08. The van der Waals surface area contributed by atoms with Gasteiger partial charge < -0.3 is 9.73 Å². The summed E-state index contributed by atoms with van der Waals surface area (Å²) in [6.07, 6.45) is 2.18. The van der Waals surface area contributed by atoms with E-state index in [-0.39, 0.29) is 29.6 Å². The van der Waals surface area contributed by atoms with Crippen LogP contribution in [0.15, 0.2) is 76.2 Å². The van der Waals surface area contributed by atoms with Gasteiger partial charge in [-0.2, -0.15) is 0 Å². The number of aryl methyl sites for hydroxylation is 1. The van der Waals surface area contributed by atoms with Gasteiger partial charge in [-0.3, -0.25) is 4.79 Å². The van der Waals surface area contributed by atoms with Gasteiger partial charge in [0.1, 0.15) is 11.6 Å². The summed E-state index contributed by atoms with van der Waals surface area (Å²) in [5.74, 6) is -0.0219. The van der Waals surface area contributed by atoms with Crippen LogP contribution < -0.4 is 10.0 Å². The first-order chi connectivity index (χ1) is 13.4. The van der Waals surface area contributed by atoms with Gasteiger partial charge in [0.15, 0.2) is 0 Å². The SMILES string of the molecule is O=C(CCc1ccc(F)cc1)Nc1ccc(S(=O)(=O)NCc2ccco2)cc1. The molecule has 3 aromatic rings. The first-order valence-corrected chi connectivity index (χ1v) is 10.1. The molecule has 6 nitrogen and oxygen atoms in total. The Bertz CT molecular complexity index is 1020. The number of rotatable bonds is 8. The molecule has 0 aliphatic heterocycles. The molecule has 0 saturated carbocycles. The highest BCUT2D eigenvalue weighted by Gasteiger charge is 2.14. The number of furan rings is 1. The molecule has 0 unspecified atom stereocenters. The molecule has 1 heterocycles. The lowest BCUT2D eigenvalue weighted by atomic mass is 10.1. The van der Waals surface area contributed by atoms with Gasteiger partial charge in [-0.05, 0) is 60.5 Å². The minimum absolute atomic E-state index is 0.0528. The van der Waals surface area contributed by atoms with Gasteiger partial charge in [0, 0.05) is 12.1 Å². The largest absolute Gasteiger partial charge is 0.468 e. The highest BCUT2D eigenvalue weighted by atomic mass is 32.2. The zero-order valence-electron chi connectivity index (χ0n) is 14.9. The third-order valence-electron chi connectivity index (χ3n) is 4.02. The van der Waals surface area contributed by atoms with Crippen molar-refractivity contribution in [2.24, 2.45) is 0 Å². The zero-order valence-corrected chi connectivity index (χ0v) is 15.7. The molecule has 0 spiro atoms. The van der Waals surface area contributed by atoms with Crippen molar-refractivity contribution in [3.8, 4) is 0 Å². The number of amides is 1. The van der Waals surface area contributed by atoms with Crippen LogP contribution in [0.25, 0.3) is 0 Å². The van der Waals surface area contributed by atoms with Gasteiger partial charge in [0.2, 0.25) is 15.9 Å². The summed E-state index contributed by atoms with van der Waals surface area (Å²) in [6, 6.07) is 15.2. The van der Waals surface area contributed by atoms with Crippen LogP contribution in [-0.2, 0) is 27.8 Å². The maximum absolute atomic E-state index is 12.9. The van der Waals surface area contributed by atoms with Crippen LogP contribution in [0.2, 0.25) is 0 Å². The number of anilines is 1. The molecular weight excluding hydrogens is 383 g/mol. The fourth-order valence-electron chi connectivity index (χ4n) is 2.51. The lowest BCUT2D eigenvalue weighted by molar-refractivity contribution is -0.116. The van der Waals surface area contributed by atoms with E-state index >= 15 is 0 Å². The first-order valence-electron chi connectivity index (χ1n) is 8.59. The summed E-state index contributed by atoms with van der Waals surface area (Å²) in [7, 11) is -3.68. The van der Waals surface area contributed by atoms with Crippen LogP contribution in [0.5, 0.6) is 0 Å². The van der Waals surface area contributed by atoms with E-state index in [4.69, 9.17) is 4.42 Å². The van der Waals surface area contributed by atoms with Gasteiger partial charge in [0.05, 0.1) is 17.7 Å². The van der Waals surface area contributed by atoms with Crippen LogP contribution in [0, 0.1) is 5.82 Å². The van der Waals surface area contributed by atoms with E-state index in [0.29, 0.717) is 17.9 Å². The highest BCUT2D eigenvalue weighted by molar-refractivity contribution is 7.89. The van der Waals surface area contributed by atoms with E-state index in [2.05, 4.69) is 10.0 Å². The smallest absolute Gasteiger partial charge is 0.240 e. The molecule has 1 amide bonds. The van der Waals surface area contributed by atoms with Crippen molar-refractivity contribution in [1.82, 2.24) is 4.72 Å². The molecule has 0 aliphatic rings. The molecule has 0 atom stereocenters. The molecule has 28 heavy (non-hydrogen) atoms. The second-order valence-corrected chi connectivity index (χ2v) is 7.87. The van der Waals surface area contributed by atoms with Crippen LogP contribution in [0.4, 0.5) is 10.1 Å². The predicted octanol–water partition coefficient (Wildman–Crippen LogP) is 3.47. The Morgan fingerprint density at radius 2 is 1.71 bits per heavy atom. The third-order valence-corrected chi connectivity index (χ3v) is 5.44. The van der Waals surface area contributed by atoms with Crippen molar-refractivity contribution in [1.29, 1.82) is 0 Å². The van der Waals surface area contributed by atoms with Gasteiger partial charge in [-0.1, -0.05) is 12.1 Å². The Morgan fingerprint density at radius 1 is 1.00 bits per heavy atom. The van der Waals surface area contributed by atoms with Gasteiger partial charge in [-0.25, -0.2) is 17.5 Å². The number of carbonyl (C=O) groups excluding carboxylic acids is 1. The number of hydrogen-bond acceptors (Lipinski definition) is 4. The molecular formula is C20H19FN2O4S. The normalized spacial score (nSPS) is 11.3. The van der Waals surface area contributed by atoms with Crippen LogP contribution in [0.3, 0.4) is 0 Å². The van der Waals surface area contributed by atoms with Gasteiger partial charge in [-0.15, -0.1) is 0 Å². The molecule has 146 valence electrons. The minimum Gasteiger partial charge on any atom is -0.468 e. The maximum Gasteiger partial charge on any atom is 0.240 e. The van der Waals surface area contributed by atoms with Crippen LogP contribution in [0.1, 0.15) is 17.7 Å². The number of hydrogen-bond donors (Lipinski definition) is 2. The Balaban J connectivity index is 1.53. The summed E-state index contributed by atoms with van der Waals surface area (Å²) in [6.45, 7) is 0.0528. The van der Waals surface area contributed by atoms with E-state index in [1.807, 2.05) is 0 Å². The summed E-state index contributed by atoms with van der Waals surface area (Å²) in [5, 5.41) is 2.71. The maximum atomic E-state index is 12.9. The van der Waals surface area contributed by atoms with E-state index in [9.17, 15) is 17.6 Å². The van der Waals surface area contributed by atoms with Crippen molar-refractivity contribution in [3.05, 3.63) is 84.1 Å². The molecule has 0 fully saturated rings. The fraction of sp³-hybridized carbons (Fsp3) is 0.150. The summed E-state index contributed by atoms with van der Waals surface area (Å²) in [4.78, 5) is 12.1. The van der Waals surface area contributed by atoms with E-state index in [1.54, 1.807) is 24.3 Å². The second kappa shape index (κ2) is 8.81. The first kappa shape index (κ1) is 19.8. The third kappa shape index (κ3) is 5.51. The lowest BCUT2D eigenvalue weighted by Crippen LogP contribution is -2.23. The predicted molar refractivity (Wildman–Crippen MR) is 103 cm³/mol. The van der Waals surface area contributed by atoms with Gasteiger partial charge >= 0.3 is 0 Å².